The number of urea groups is 1. The summed E-state index contributed by atoms with van der Waals surface area (Å²) in [6, 6.07) is 17.1. The standard InChI is InChI=1S/C19H24N2O3/c1-15(16-7-5-4-6-8-16)20-19(22)21(2)13-14-24-18-11-9-17(23-3)10-12-18/h4-12,15H,13-14H2,1-3H3,(H,20,22). The van der Waals surface area contributed by atoms with Gasteiger partial charge in [-0.25, -0.2) is 4.79 Å². The molecule has 0 aliphatic rings. The largest absolute Gasteiger partial charge is 0.497 e. The minimum Gasteiger partial charge on any atom is -0.497 e. The van der Waals surface area contributed by atoms with E-state index in [1.165, 1.54) is 0 Å². The van der Waals surface area contributed by atoms with Gasteiger partial charge in [-0.2, -0.15) is 0 Å². The van der Waals surface area contributed by atoms with Crippen molar-refractivity contribution in [2.45, 2.75) is 13.0 Å². The smallest absolute Gasteiger partial charge is 0.317 e. The lowest BCUT2D eigenvalue weighted by Crippen LogP contribution is -2.40. The third kappa shape index (κ3) is 5.19. The van der Waals surface area contributed by atoms with Gasteiger partial charge in [0.25, 0.3) is 0 Å². The highest BCUT2D eigenvalue weighted by atomic mass is 16.5. The Hall–Kier alpha value is -2.69. The van der Waals surface area contributed by atoms with Crippen molar-refractivity contribution in [2.24, 2.45) is 0 Å². The number of methoxy groups -OCH3 is 1. The van der Waals surface area contributed by atoms with Gasteiger partial charge in [-0.05, 0) is 36.8 Å². The van der Waals surface area contributed by atoms with Crippen molar-refractivity contribution in [3.63, 3.8) is 0 Å². The average molecular weight is 328 g/mol. The number of rotatable bonds is 7. The van der Waals surface area contributed by atoms with E-state index in [9.17, 15) is 4.79 Å². The molecule has 2 aromatic rings. The molecule has 2 rings (SSSR count). The van der Waals surface area contributed by atoms with Crippen molar-refractivity contribution in [1.82, 2.24) is 10.2 Å². The topological polar surface area (TPSA) is 50.8 Å². The molecule has 1 unspecified atom stereocenters. The van der Waals surface area contributed by atoms with Crippen LogP contribution in [0.25, 0.3) is 0 Å². The van der Waals surface area contributed by atoms with Gasteiger partial charge in [-0.3, -0.25) is 0 Å². The Morgan fingerprint density at radius 2 is 1.71 bits per heavy atom. The van der Waals surface area contributed by atoms with Crippen molar-refractivity contribution in [3.8, 4) is 11.5 Å². The summed E-state index contributed by atoms with van der Waals surface area (Å²) in [4.78, 5) is 13.8. The van der Waals surface area contributed by atoms with E-state index in [0.717, 1.165) is 17.1 Å². The van der Waals surface area contributed by atoms with E-state index >= 15 is 0 Å². The van der Waals surface area contributed by atoms with Crippen LogP contribution in [0.15, 0.2) is 54.6 Å². The fourth-order valence-corrected chi connectivity index (χ4v) is 2.19. The quantitative estimate of drug-likeness (QED) is 0.846. The van der Waals surface area contributed by atoms with Crippen LogP contribution in [0.1, 0.15) is 18.5 Å². The van der Waals surface area contributed by atoms with Gasteiger partial charge in [0.15, 0.2) is 0 Å². The van der Waals surface area contributed by atoms with Crippen molar-refractivity contribution in [3.05, 3.63) is 60.2 Å². The predicted molar refractivity (Wildman–Crippen MR) is 94.5 cm³/mol. The van der Waals surface area contributed by atoms with Crippen LogP contribution in [0.4, 0.5) is 4.79 Å². The van der Waals surface area contributed by atoms with Crippen molar-refractivity contribution >= 4 is 6.03 Å². The maximum absolute atomic E-state index is 12.2. The fraction of sp³-hybridized carbons (Fsp3) is 0.316. The van der Waals surface area contributed by atoms with Gasteiger partial charge >= 0.3 is 6.03 Å². The Kier molecular flexibility index (Phi) is 6.49. The third-order valence-electron chi connectivity index (χ3n) is 3.74. The predicted octanol–water partition coefficient (Wildman–Crippen LogP) is 3.48. The summed E-state index contributed by atoms with van der Waals surface area (Å²) in [6.07, 6.45) is 0. The molecular weight excluding hydrogens is 304 g/mol. The molecule has 0 fully saturated rings. The lowest BCUT2D eigenvalue weighted by Gasteiger charge is -2.21. The van der Waals surface area contributed by atoms with Crippen LogP contribution >= 0.6 is 0 Å². The van der Waals surface area contributed by atoms with Crippen LogP contribution in [0, 0.1) is 0 Å². The molecule has 0 saturated carbocycles. The van der Waals surface area contributed by atoms with Crippen molar-refractivity contribution in [1.29, 1.82) is 0 Å². The Bertz CT molecular complexity index is 629. The third-order valence-corrected chi connectivity index (χ3v) is 3.74. The maximum Gasteiger partial charge on any atom is 0.317 e. The lowest BCUT2D eigenvalue weighted by atomic mass is 10.1. The number of carbonyl (C=O) groups excluding carboxylic acids is 1. The zero-order valence-electron chi connectivity index (χ0n) is 14.4. The molecule has 0 aliphatic carbocycles. The Morgan fingerprint density at radius 3 is 2.33 bits per heavy atom. The second-order valence-electron chi connectivity index (χ2n) is 5.53. The molecule has 2 aromatic carbocycles. The second-order valence-corrected chi connectivity index (χ2v) is 5.53. The van der Waals surface area contributed by atoms with Gasteiger partial charge < -0.3 is 19.7 Å². The zero-order valence-corrected chi connectivity index (χ0v) is 14.4. The van der Waals surface area contributed by atoms with Gasteiger partial charge in [0.2, 0.25) is 0 Å². The number of hydrogen-bond acceptors (Lipinski definition) is 3. The summed E-state index contributed by atoms with van der Waals surface area (Å²) in [7, 11) is 3.38. The second kappa shape index (κ2) is 8.82. The summed E-state index contributed by atoms with van der Waals surface area (Å²) >= 11 is 0. The highest BCUT2D eigenvalue weighted by molar-refractivity contribution is 5.74. The average Bonchev–Trinajstić information content (AvgIpc) is 2.62. The van der Waals surface area contributed by atoms with Crippen LogP contribution in [0.5, 0.6) is 11.5 Å². The maximum atomic E-state index is 12.2. The summed E-state index contributed by atoms with van der Waals surface area (Å²) in [6.45, 7) is 2.89. The molecule has 1 N–H and O–H groups in total. The molecule has 128 valence electrons. The minimum absolute atomic E-state index is 0.0383. The van der Waals surface area contributed by atoms with Crippen LogP contribution in [-0.2, 0) is 0 Å². The molecule has 0 spiro atoms. The molecule has 24 heavy (non-hydrogen) atoms. The van der Waals surface area contributed by atoms with E-state index in [4.69, 9.17) is 9.47 Å². The number of nitrogens with zero attached hydrogens (tertiary/aromatic N) is 1. The van der Waals surface area contributed by atoms with E-state index < -0.39 is 0 Å². The summed E-state index contributed by atoms with van der Waals surface area (Å²) in [5, 5.41) is 2.97. The fourth-order valence-electron chi connectivity index (χ4n) is 2.19. The molecule has 0 bridgehead atoms. The van der Waals surface area contributed by atoms with Gasteiger partial charge in [0.1, 0.15) is 18.1 Å². The summed E-state index contributed by atoms with van der Waals surface area (Å²) in [5.74, 6) is 1.54. The Balaban J connectivity index is 1.75. The molecule has 5 heteroatoms. The molecule has 0 heterocycles. The van der Waals surface area contributed by atoms with Crippen LogP contribution in [0.3, 0.4) is 0 Å². The summed E-state index contributed by atoms with van der Waals surface area (Å²) < 4.78 is 10.7. The number of amides is 2. The first-order valence-corrected chi connectivity index (χ1v) is 7.93. The number of carbonyl (C=O) groups is 1. The van der Waals surface area contributed by atoms with E-state index in [1.807, 2.05) is 61.5 Å². The van der Waals surface area contributed by atoms with E-state index in [0.29, 0.717) is 13.2 Å². The van der Waals surface area contributed by atoms with Crippen molar-refractivity contribution < 1.29 is 14.3 Å². The molecule has 0 aromatic heterocycles. The highest BCUT2D eigenvalue weighted by Gasteiger charge is 2.13. The van der Waals surface area contributed by atoms with Crippen LogP contribution < -0.4 is 14.8 Å². The van der Waals surface area contributed by atoms with E-state index in [1.54, 1.807) is 19.1 Å². The molecule has 0 saturated heterocycles. The van der Waals surface area contributed by atoms with Gasteiger partial charge in [0.05, 0.1) is 19.7 Å². The number of hydrogen-bond donors (Lipinski definition) is 1. The summed E-state index contributed by atoms with van der Waals surface area (Å²) in [5.41, 5.74) is 1.08. The first-order valence-electron chi connectivity index (χ1n) is 7.93. The molecule has 2 amide bonds. The molecule has 0 radical (unpaired) electrons. The first kappa shape index (κ1) is 17.7. The number of benzene rings is 2. The number of likely N-dealkylation sites (N-methyl/N-ethyl adjacent to an activating group) is 1. The van der Waals surface area contributed by atoms with Crippen LogP contribution in [-0.4, -0.2) is 38.2 Å². The van der Waals surface area contributed by atoms with Crippen molar-refractivity contribution in [2.75, 3.05) is 27.3 Å². The monoisotopic (exact) mass is 328 g/mol. The Labute approximate surface area is 143 Å². The molecular formula is C19H24N2O3. The first-order chi connectivity index (χ1) is 11.6. The highest BCUT2D eigenvalue weighted by Crippen LogP contribution is 2.17. The zero-order chi connectivity index (χ0) is 17.4. The number of ether oxygens (including phenoxy) is 2. The minimum atomic E-state index is -0.121. The number of nitrogens with one attached hydrogen (secondary N) is 1. The van der Waals surface area contributed by atoms with Crippen LogP contribution in [0.2, 0.25) is 0 Å². The molecule has 0 aliphatic heterocycles. The normalized spacial score (nSPS) is 11.5. The van der Waals surface area contributed by atoms with Gasteiger partial charge in [-0.15, -0.1) is 0 Å². The van der Waals surface area contributed by atoms with E-state index in [-0.39, 0.29) is 12.1 Å². The van der Waals surface area contributed by atoms with E-state index in [2.05, 4.69) is 5.32 Å². The molecule has 5 nitrogen and oxygen atoms in total. The molecule has 1 atom stereocenters. The lowest BCUT2D eigenvalue weighted by molar-refractivity contribution is 0.192. The Morgan fingerprint density at radius 1 is 1.08 bits per heavy atom. The van der Waals surface area contributed by atoms with Gasteiger partial charge in [-0.1, -0.05) is 30.3 Å². The van der Waals surface area contributed by atoms with Gasteiger partial charge in [0, 0.05) is 7.05 Å². The SMILES string of the molecule is COc1ccc(OCCN(C)C(=O)NC(C)c2ccccc2)cc1.